The van der Waals surface area contributed by atoms with E-state index < -0.39 is 0 Å². The topological polar surface area (TPSA) is 34.4 Å². The van der Waals surface area contributed by atoms with Crippen LogP contribution in [0.1, 0.15) is 24.5 Å². The number of hydrogen-bond donors (Lipinski definition) is 1. The van der Waals surface area contributed by atoms with Gasteiger partial charge in [0, 0.05) is 6.04 Å². The molecule has 2 aromatic rings. The molecule has 0 fully saturated rings. The van der Waals surface area contributed by atoms with Crippen LogP contribution in [-0.2, 0) is 12.8 Å². The molecule has 0 amide bonds. The molecule has 1 aromatic carbocycles. The maximum atomic E-state index is 5.29. The van der Waals surface area contributed by atoms with Gasteiger partial charge in [0.05, 0.1) is 19.6 Å². The summed E-state index contributed by atoms with van der Waals surface area (Å²) in [4.78, 5) is 0. The van der Waals surface area contributed by atoms with Gasteiger partial charge in [-0.1, -0.05) is 19.1 Å². The second-order valence-electron chi connectivity index (χ2n) is 5.04. The van der Waals surface area contributed by atoms with Crippen LogP contribution in [0.25, 0.3) is 0 Å². The van der Waals surface area contributed by atoms with Crippen LogP contribution in [0, 0.1) is 0 Å². The summed E-state index contributed by atoms with van der Waals surface area (Å²) in [5.74, 6) is 0.917. The molecular formula is C17H23NO2. The zero-order valence-electron chi connectivity index (χ0n) is 12.3. The van der Waals surface area contributed by atoms with Gasteiger partial charge in [0.25, 0.3) is 0 Å². The molecule has 0 aliphatic carbocycles. The number of rotatable bonds is 8. The number of hydrogen-bond acceptors (Lipinski definition) is 3. The summed E-state index contributed by atoms with van der Waals surface area (Å²) in [6.45, 7) is 3.22. The monoisotopic (exact) mass is 273 g/mol. The van der Waals surface area contributed by atoms with E-state index in [1.165, 1.54) is 11.1 Å². The van der Waals surface area contributed by atoms with Gasteiger partial charge < -0.3 is 14.5 Å². The van der Waals surface area contributed by atoms with Crippen molar-refractivity contribution in [1.29, 1.82) is 0 Å². The Morgan fingerprint density at radius 2 is 2.05 bits per heavy atom. The molecule has 0 bridgehead atoms. The lowest BCUT2D eigenvalue weighted by atomic mass is 10.00. The van der Waals surface area contributed by atoms with E-state index in [9.17, 15) is 0 Å². The summed E-state index contributed by atoms with van der Waals surface area (Å²) in [5.41, 5.74) is 2.53. The minimum atomic E-state index is 0.416. The second-order valence-corrected chi connectivity index (χ2v) is 5.04. The number of benzene rings is 1. The summed E-state index contributed by atoms with van der Waals surface area (Å²) in [7, 11) is 1.71. The zero-order valence-corrected chi connectivity index (χ0v) is 12.3. The lowest BCUT2D eigenvalue weighted by molar-refractivity contribution is 0.413. The quantitative estimate of drug-likeness (QED) is 0.800. The molecule has 0 aliphatic heterocycles. The highest BCUT2D eigenvalue weighted by atomic mass is 16.5. The molecule has 0 saturated carbocycles. The molecule has 2 rings (SSSR count). The van der Waals surface area contributed by atoms with Gasteiger partial charge in [-0.05, 0) is 55.1 Å². The van der Waals surface area contributed by atoms with Crippen molar-refractivity contribution in [3.8, 4) is 5.75 Å². The first-order valence-electron chi connectivity index (χ1n) is 7.19. The normalized spacial score (nSPS) is 12.3. The zero-order chi connectivity index (χ0) is 14.2. The first-order valence-corrected chi connectivity index (χ1v) is 7.19. The molecule has 1 aromatic heterocycles. The Balaban J connectivity index is 2.02. The molecule has 1 N–H and O–H groups in total. The molecule has 1 unspecified atom stereocenters. The van der Waals surface area contributed by atoms with E-state index in [1.54, 1.807) is 13.4 Å². The minimum Gasteiger partial charge on any atom is -0.497 e. The van der Waals surface area contributed by atoms with Gasteiger partial charge in [0.1, 0.15) is 5.75 Å². The summed E-state index contributed by atoms with van der Waals surface area (Å²) < 4.78 is 10.4. The minimum absolute atomic E-state index is 0.416. The van der Waals surface area contributed by atoms with Crippen molar-refractivity contribution in [3.63, 3.8) is 0 Å². The SMILES string of the molecule is CCCNC(Cc1ccoc1)Cc1cccc(OC)c1. The van der Waals surface area contributed by atoms with Crippen molar-refractivity contribution in [1.82, 2.24) is 5.32 Å². The van der Waals surface area contributed by atoms with Gasteiger partial charge in [-0.15, -0.1) is 0 Å². The Kier molecular flexibility index (Phi) is 5.69. The van der Waals surface area contributed by atoms with Crippen LogP contribution in [0.5, 0.6) is 5.75 Å². The Morgan fingerprint density at radius 1 is 1.20 bits per heavy atom. The predicted molar refractivity (Wildman–Crippen MR) is 81.2 cm³/mol. The Morgan fingerprint density at radius 3 is 2.75 bits per heavy atom. The molecule has 1 heterocycles. The first-order chi connectivity index (χ1) is 9.81. The highest BCUT2D eigenvalue weighted by molar-refractivity contribution is 5.29. The van der Waals surface area contributed by atoms with Crippen LogP contribution >= 0.6 is 0 Å². The Bertz CT molecular complexity index is 493. The Hall–Kier alpha value is -1.74. The summed E-state index contributed by atoms with van der Waals surface area (Å²) in [5, 5.41) is 3.61. The standard InChI is InChI=1S/C17H23NO2/c1-3-8-18-16(11-15-7-9-20-13-15)10-14-5-4-6-17(12-14)19-2/h4-7,9,12-13,16,18H,3,8,10-11H2,1-2H3. The van der Waals surface area contributed by atoms with Crippen LogP contribution in [0.3, 0.4) is 0 Å². The van der Waals surface area contributed by atoms with E-state index in [0.29, 0.717) is 6.04 Å². The van der Waals surface area contributed by atoms with Crippen molar-refractivity contribution in [2.24, 2.45) is 0 Å². The van der Waals surface area contributed by atoms with E-state index in [2.05, 4.69) is 24.4 Å². The third-order valence-electron chi connectivity index (χ3n) is 3.36. The first kappa shape index (κ1) is 14.7. The van der Waals surface area contributed by atoms with Gasteiger partial charge in [0.2, 0.25) is 0 Å². The molecular weight excluding hydrogens is 250 g/mol. The second kappa shape index (κ2) is 7.75. The van der Waals surface area contributed by atoms with Crippen molar-refractivity contribution in [2.45, 2.75) is 32.2 Å². The molecule has 0 radical (unpaired) electrons. The number of methoxy groups -OCH3 is 1. The average Bonchev–Trinajstić information content (AvgIpc) is 2.98. The lowest BCUT2D eigenvalue weighted by Gasteiger charge is -2.18. The van der Waals surface area contributed by atoms with E-state index in [0.717, 1.165) is 31.6 Å². The molecule has 0 aliphatic rings. The van der Waals surface area contributed by atoms with Crippen molar-refractivity contribution >= 4 is 0 Å². The van der Waals surface area contributed by atoms with Crippen LogP contribution in [0.15, 0.2) is 47.3 Å². The van der Waals surface area contributed by atoms with Gasteiger partial charge in [0.15, 0.2) is 0 Å². The maximum Gasteiger partial charge on any atom is 0.119 e. The smallest absolute Gasteiger partial charge is 0.119 e. The molecule has 3 heteroatoms. The molecule has 1 atom stereocenters. The van der Waals surface area contributed by atoms with Crippen LogP contribution in [0.2, 0.25) is 0 Å². The van der Waals surface area contributed by atoms with Gasteiger partial charge in [-0.2, -0.15) is 0 Å². The maximum absolute atomic E-state index is 5.29. The van der Waals surface area contributed by atoms with E-state index >= 15 is 0 Å². The highest BCUT2D eigenvalue weighted by Crippen LogP contribution is 2.15. The van der Waals surface area contributed by atoms with Gasteiger partial charge >= 0.3 is 0 Å². The lowest BCUT2D eigenvalue weighted by Crippen LogP contribution is -2.33. The van der Waals surface area contributed by atoms with Gasteiger partial charge in [-0.3, -0.25) is 0 Å². The largest absolute Gasteiger partial charge is 0.497 e. The Labute approximate surface area is 121 Å². The number of nitrogens with one attached hydrogen (secondary N) is 1. The fourth-order valence-electron chi connectivity index (χ4n) is 2.34. The van der Waals surface area contributed by atoms with E-state index in [1.807, 2.05) is 24.5 Å². The van der Waals surface area contributed by atoms with Crippen molar-refractivity contribution in [3.05, 3.63) is 54.0 Å². The fourth-order valence-corrected chi connectivity index (χ4v) is 2.34. The average molecular weight is 273 g/mol. The third kappa shape index (κ3) is 4.42. The van der Waals surface area contributed by atoms with E-state index in [4.69, 9.17) is 9.15 Å². The fraction of sp³-hybridized carbons (Fsp3) is 0.412. The third-order valence-corrected chi connectivity index (χ3v) is 3.36. The van der Waals surface area contributed by atoms with Crippen LogP contribution in [0.4, 0.5) is 0 Å². The highest BCUT2D eigenvalue weighted by Gasteiger charge is 2.11. The molecule has 3 nitrogen and oxygen atoms in total. The van der Waals surface area contributed by atoms with Crippen molar-refractivity contribution in [2.75, 3.05) is 13.7 Å². The number of ether oxygens (including phenoxy) is 1. The molecule has 0 spiro atoms. The molecule has 0 saturated heterocycles. The van der Waals surface area contributed by atoms with Gasteiger partial charge in [-0.25, -0.2) is 0 Å². The van der Waals surface area contributed by atoms with Crippen molar-refractivity contribution < 1.29 is 9.15 Å². The van der Waals surface area contributed by atoms with Crippen LogP contribution < -0.4 is 10.1 Å². The molecule has 108 valence electrons. The predicted octanol–water partition coefficient (Wildman–Crippen LogP) is 3.44. The van der Waals surface area contributed by atoms with Crippen LogP contribution in [-0.4, -0.2) is 19.7 Å². The summed E-state index contributed by atoms with van der Waals surface area (Å²) >= 11 is 0. The summed E-state index contributed by atoms with van der Waals surface area (Å²) in [6, 6.07) is 10.7. The van der Waals surface area contributed by atoms with E-state index in [-0.39, 0.29) is 0 Å². The number of furan rings is 1. The summed E-state index contributed by atoms with van der Waals surface area (Å²) in [6.07, 6.45) is 6.67. The molecule has 20 heavy (non-hydrogen) atoms.